The lowest BCUT2D eigenvalue weighted by Crippen LogP contribution is -2.43. The Labute approximate surface area is 126 Å². The summed E-state index contributed by atoms with van der Waals surface area (Å²) in [6, 6.07) is 9.57. The average Bonchev–Trinajstić information content (AvgIpc) is 2.46. The number of ether oxygens (including phenoxy) is 1. The Morgan fingerprint density at radius 2 is 1.91 bits per heavy atom. The molecule has 0 aromatic heterocycles. The smallest absolute Gasteiger partial charge is 0.180 e. The lowest BCUT2D eigenvalue weighted by atomic mass is 9.81. The van der Waals surface area contributed by atoms with Gasteiger partial charge < -0.3 is 9.84 Å². The number of ketones is 1. The highest BCUT2D eigenvalue weighted by Gasteiger charge is 2.42. The van der Waals surface area contributed by atoms with Crippen LogP contribution in [0.3, 0.4) is 0 Å². The number of rotatable bonds is 2. The average molecular weight is 304 g/mol. The van der Waals surface area contributed by atoms with Crippen molar-refractivity contribution < 1.29 is 23.4 Å². The lowest BCUT2D eigenvalue weighted by Gasteiger charge is -2.34. The molecule has 3 unspecified atom stereocenters. The maximum absolute atomic E-state index is 14.0. The summed E-state index contributed by atoms with van der Waals surface area (Å²) in [6.07, 6.45) is -1.88. The molecule has 114 valence electrons. The van der Waals surface area contributed by atoms with E-state index in [0.717, 1.165) is 0 Å². The Hall–Kier alpha value is -2.27. The zero-order chi connectivity index (χ0) is 15.9. The first-order valence-corrected chi connectivity index (χ1v) is 6.92. The van der Waals surface area contributed by atoms with Gasteiger partial charge in [-0.05, 0) is 36.8 Å². The molecular formula is C17H14F2O3. The second kappa shape index (κ2) is 5.50. The summed E-state index contributed by atoms with van der Waals surface area (Å²) in [5.41, 5.74) is 0.193. The van der Waals surface area contributed by atoms with E-state index in [1.807, 2.05) is 0 Å². The molecule has 3 atom stereocenters. The van der Waals surface area contributed by atoms with Crippen LogP contribution in [-0.2, 0) is 0 Å². The molecule has 0 radical (unpaired) electrons. The van der Waals surface area contributed by atoms with Gasteiger partial charge >= 0.3 is 0 Å². The van der Waals surface area contributed by atoms with Crippen LogP contribution in [0, 0.1) is 11.6 Å². The SMILES string of the molecule is CC(O)C1Oc2cccc(F)c2C(=O)C1c1cccc(F)c1. The summed E-state index contributed by atoms with van der Waals surface area (Å²) in [5.74, 6) is -2.57. The molecule has 1 N–H and O–H groups in total. The van der Waals surface area contributed by atoms with Gasteiger partial charge in [-0.3, -0.25) is 4.79 Å². The molecule has 1 heterocycles. The van der Waals surface area contributed by atoms with Crippen molar-refractivity contribution in [3.63, 3.8) is 0 Å². The van der Waals surface area contributed by atoms with Gasteiger partial charge in [0.25, 0.3) is 0 Å². The van der Waals surface area contributed by atoms with E-state index in [4.69, 9.17) is 4.74 Å². The fraction of sp³-hybridized carbons (Fsp3) is 0.235. The number of carbonyl (C=O) groups excluding carboxylic acids is 1. The van der Waals surface area contributed by atoms with Crippen molar-refractivity contribution in [3.8, 4) is 5.75 Å². The van der Waals surface area contributed by atoms with Crippen molar-refractivity contribution in [2.75, 3.05) is 0 Å². The molecular weight excluding hydrogens is 290 g/mol. The number of fused-ring (bicyclic) bond motifs is 1. The minimum atomic E-state index is -0.978. The van der Waals surface area contributed by atoms with Gasteiger partial charge in [-0.2, -0.15) is 0 Å². The van der Waals surface area contributed by atoms with Crippen molar-refractivity contribution in [1.82, 2.24) is 0 Å². The van der Waals surface area contributed by atoms with E-state index >= 15 is 0 Å². The molecule has 0 saturated heterocycles. The molecule has 0 spiro atoms. The fourth-order valence-electron chi connectivity index (χ4n) is 2.78. The number of aliphatic hydroxyl groups is 1. The molecule has 0 fully saturated rings. The van der Waals surface area contributed by atoms with Crippen LogP contribution in [-0.4, -0.2) is 23.1 Å². The van der Waals surface area contributed by atoms with Crippen LogP contribution in [0.4, 0.5) is 8.78 Å². The van der Waals surface area contributed by atoms with Crippen molar-refractivity contribution in [2.24, 2.45) is 0 Å². The molecule has 22 heavy (non-hydrogen) atoms. The second-order valence-corrected chi connectivity index (χ2v) is 5.33. The third-order valence-electron chi connectivity index (χ3n) is 3.78. The number of halogens is 2. The predicted octanol–water partition coefficient (Wildman–Crippen LogP) is 3.07. The van der Waals surface area contributed by atoms with Crippen LogP contribution in [0.5, 0.6) is 5.75 Å². The lowest BCUT2D eigenvalue weighted by molar-refractivity contribution is 0.0215. The van der Waals surface area contributed by atoms with Crippen LogP contribution in [0.25, 0.3) is 0 Å². The monoisotopic (exact) mass is 304 g/mol. The van der Waals surface area contributed by atoms with Crippen molar-refractivity contribution in [1.29, 1.82) is 0 Å². The number of carbonyl (C=O) groups is 1. The maximum atomic E-state index is 14.0. The highest BCUT2D eigenvalue weighted by Crippen LogP contribution is 2.38. The quantitative estimate of drug-likeness (QED) is 0.927. The van der Waals surface area contributed by atoms with Crippen LogP contribution in [0.1, 0.15) is 28.8 Å². The Kier molecular flexibility index (Phi) is 3.66. The summed E-state index contributed by atoms with van der Waals surface area (Å²) in [5, 5.41) is 9.93. The Bertz CT molecular complexity index is 728. The normalized spacial score (nSPS) is 21.9. The molecule has 3 nitrogen and oxygen atoms in total. The molecule has 0 amide bonds. The largest absolute Gasteiger partial charge is 0.486 e. The van der Waals surface area contributed by atoms with Crippen LogP contribution in [0.2, 0.25) is 0 Å². The minimum absolute atomic E-state index is 0.101. The molecule has 3 rings (SSSR count). The van der Waals surface area contributed by atoms with Crippen LogP contribution < -0.4 is 4.74 Å². The van der Waals surface area contributed by atoms with Crippen LogP contribution in [0.15, 0.2) is 42.5 Å². The summed E-state index contributed by atoms with van der Waals surface area (Å²) in [6.45, 7) is 1.48. The van der Waals surface area contributed by atoms with Gasteiger partial charge in [0.2, 0.25) is 0 Å². The summed E-state index contributed by atoms with van der Waals surface area (Å²) >= 11 is 0. The van der Waals surface area contributed by atoms with E-state index < -0.39 is 35.5 Å². The third-order valence-corrected chi connectivity index (χ3v) is 3.78. The summed E-state index contributed by atoms with van der Waals surface area (Å²) in [7, 11) is 0. The highest BCUT2D eigenvalue weighted by molar-refractivity contribution is 6.04. The predicted molar refractivity (Wildman–Crippen MR) is 76.0 cm³/mol. The van der Waals surface area contributed by atoms with Gasteiger partial charge in [0.1, 0.15) is 23.5 Å². The first-order valence-electron chi connectivity index (χ1n) is 6.92. The zero-order valence-corrected chi connectivity index (χ0v) is 11.8. The van der Waals surface area contributed by atoms with Gasteiger partial charge in [0.15, 0.2) is 5.78 Å². The number of aliphatic hydroxyl groups excluding tert-OH is 1. The highest BCUT2D eigenvalue weighted by atomic mass is 19.1. The van der Waals surface area contributed by atoms with Gasteiger partial charge in [-0.25, -0.2) is 8.78 Å². The van der Waals surface area contributed by atoms with E-state index in [9.17, 15) is 18.7 Å². The molecule has 0 aliphatic carbocycles. The van der Waals surface area contributed by atoms with Gasteiger partial charge in [-0.1, -0.05) is 18.2 Å². The molecule has 0 bridgehead atoms. The number of hydrogen-bond donors (Lipinski definition) is 1. The first-order chi connectivity index (χ1) is 10.5. The Balaban J connectivity index is 2.15. The molecule has 1 aliphatic rings. The Morgan fingerprint density at radius 1 is 1.18 bits per heavy atom. The Morgan fingerprint density at radius 3 is 2.59 bits per heavy atom. The van der Waals surface area contributed by atoms with E-state index in [1.54, 1.807) is 6.07 Å². The fourth-order valence-corrected chi connectivity index (χ4v) is 2.78. The second-order valence-electron chi connectivity index (χ2n) is 5.33. The third kappa shape index (κ3) is 2.37. The number of Topliss-reactive ketones (excluding diaryl/α,β-unsaturated/α-hetero) is 1. The zero-order valence-electron chi connectivity index (χ0n) is 11.8. The van der Waals surface area contributed by atoms with E-state index in [2.05, 4.69) is 0 Å². The molecule has 0 saturated carbocycles. The van der Waals surface area contributed by atoms with Crippen LogP contribution >= 0.6 is 0 Å². The van der Waals surface area contributed by atoms with Crippen molar-refractivity contribution in [3.05, 3.63) is 65.2 Å². The van der Waals surface area contributed by atoms with Gasteiger partial charge in [0, 0.05) is 0 Å². The van der Waals surface area contributed by atoms with E-state index in [1.165, 1.54) is 43.3 Å². The molecule has 5 heteroatoms. The first kappa shape index (κ1) is 14.7. The number of benzene rings is 2. The van der Waals surface area contributed by atoms with Crippen molar-refractivity contribution in [2.45, 2.75) is 25.0 Å². The minimum Gasteiger partial charge on any atom is -0.486 e. The maximum Gasteiger partial charge on any atom is 0.180 e. The van der Waals surface area contributed by atoms with E-state index in [0.29, 0.717) is 5.56 Å². The van der Waals surface area contributed by atoms with Crippen molar-refractivity contribution >= 4 is 5.78 Å². The topological polar surface area (TPSA) is 46.5 Å². The van der Waals surface area contributed by atoms with Gasteiger partial charge in [-0.15, -0.1) is 0 Å². The standard InChI is InChI=1S/C17H14F2O3/c1-9(20)17-14(10-4-2-5-11(18)8-10)16(21)15-12(19)6-3-7-13(15)22-17/h2-9,14,17,20H,1H3. The van der Waals surface area contributed by atoms with Gasteiger partial charge in [0.05, 0.1) is 17.6 Å². The molecule has 2 aromatic rings. The molecule has 1 aliphatic heterocycles. The summed E-state index contributed by atoms with van der Waals surface area (Å²) < 4.78 is 33.1. The summed E-state index contributed by atoms with van der Waals surface area (Å²) in [4.78, 5) is 12.7. The molecule has 2 aromatic carbocycles. The number of hydrogen-bond acceptors (Lipinski definition) is 3. The van der Waals surface area contributed by atoms with E-state index in [-0.39, 0.29) is 11.3 Å².